The van der Waals surface area contributed by atoms with Crippen molar-refractivity contribution in [3.63, 3.8) is 0 Å². The van der Waals surface area contributed by atoms with E-state index >= 15 is 0 Å². The van der Waals surface area contributed by atoms with Crippen molar-refractivity contribution in [3.05, 3.63) is 119 Å². The number of hydrogen-bond acceptors (Lipinski definition) is 2. The predicted molar refractivity (Wildman–Crippen MR) is 189 cm³/mol. The lowest BCUT2D eigenvalue weighted by Crippen LogP contribution is -2.64. The molecule has 0 unspecified atom stereocenters. The van der Waals surface area contributed by atoms with Crippen LogP contribution in [0, 0.1) is 0 Å². The number of benzene rings is 5. The maximum Gasteiger partial charge on any atom is 0.247 e. The van der Waals surface area contributed by atoms with Crippen molar-refractivity contribution in [1.82, 2.24) is 0 Å². The fraction of sp³-hybridized carbons (Fsp3) is 0.268. The van der Waals surface area contributed by atoms with Gasteiger partial charge in [0.05, 0.1) is 5.69 Å². The normalized spacial score (nSPS) is 15.4. The summed E-state index contributed by atoms with van der Waals surface area (Å²) in [4.78, 5) is 2.48. The lowest BCUT2D eigenvalue weighted by molar-refractivity contribution is 0.588. The number of rotatable bonds is 1. The van der Waals surface area contributed by atoms with Crippen LogP contribution >= 0.6 is 0 Å². The lowest BCUT2D eigenvalue weighted by Gasteiger charge is -2.45. The minimum Gasteiger partial charge on any atom is -0.454 e. The van der Waals surface area contributed by atoms with Crippen LogP contribution in [0.4, 0.5) is 17.1 Å². The third kappa shape index (κ3) is 3.74. The van der Waals surface area contributed by atoms with E-state index in [1.165, 1.54) is 44.3 Å². The van der Waals surface area contributed by atoms with Gasteiger partial charge in [-0.05, 0) is 68.3 Å². The third-order valence-corrected chi connectivity index (χ3v) is 10.3. The molecule has 0 amide bonds. The third-order valence-electron chi connectivity index (χ3n) is 10.3. The summed E-state index contributed by atoms with van der Waals surface area (Å²) >= 11 is 0. The van der Waals surface area contributed by atoms with Gasteiger partial charge in [0, 0.05) is 27.6 Å². The first kappa shape index (κ1) is 27.3. The van der Waals surface area contributed by atoms with Crippen LogP contribution in [0.15, 0.2) is 101 Å². The summed E-state index contributed by atoms with van der Waals surface area (Å²) in [6.45, 7) is 18.7. The monoisotopic (exact) mass is 573 g/mol. The van der Waals surface area contributed by atoms with Crippen molar-refractivity contribution in [1.29, 1.82) is 0 Å². The van der Waals surface area contributed by atoms with E-state index < -0.39 is 0 Å². The summed E-state index contributed by atoms with van der Waals surface area (Å²) < 4.78 is 6.80. The first-order chi connectivity index (χ1) is 20.9. The molecule has 0 spiro atoms. The molecule has 0 aliphatic carbocycles. The number of furan rings is 1. The minimum atomic E-state index is -0.129. The van der Waals surface area contributed by atoms with E-state index in [4.69, 9.17) is 4.42 Å². The van der Waals surface area contributed by atoms with Crippen molar-refractivity contribution in [2.75, 3.05) is 4.90 Å². The quantitative estimate of drug-likeness (QED) is 0.182. The molecule has 0 fully saturated rings. The summed E-state index contributed by atoms with van der Waals surface area (Å²) in [6.07, 6.45) is 0. The molecule has 0 radical (unpaired) electrons. The van der Waals surface area contributed by atoms with E-state index in [1.54, 1.807) is 0 Å². The van der Waals surface area contributed by atoms with Crippen molar-refractivity contribution in [2.45, 2.75) is 71.6 Å². The number of para-hydroxylation sites is 1. The Morgan fingerprint density at radius 1 is 0.636 bits per heavy atom. The van der Waals surface area contributed by atoms with E-state index in [1.807, 2.05) is 0 Å². The summed E-state index contributed by atoms with van der Waals surface area (Å²) in [7, 11) is 0. The maximum absolute atomic E-state index is 6.80. The maximum atomic E-state index is 6.80. The van der Waals surface area contributed by atoms with Crippen LogP contribution in [0.2, 0.25) is 0 Å². The van der Waals surface area contributed by atoms with Crippen LogP contribution in [0.3, 0.4) is 0 Å². The van der Waals surface area contributed by atoms with Crippen molar-refractivity contribution < 1.29 is 4.42 Å². The Bertz CT molecular complexity index is 2120. The predicted octanol–water partition coefficient (Wildman–Crippen LogP) is 9.12. The Kier molecular flexibility index (Phi) is 5.53. The zero-order valence-corrected chi connectivity index (χ0v) is 27.2. The second kappa shape index (κ2) is 8.91. The van der Waals surface area contributed by atoms with Gasteiger partial charge in [-0.15, -0.1) is 0 Å². The van der Waals surface area contributed by atoms with E-state index in [2.05, 4.69) is 157 Å². The SMILES string of the molecule is CC(C)(C)c1ccc(N2c3cccc4c3B(c3cc(C(C)(C)C)ccc3C4(C)C)c3ccc4c(oc5ccccc54)c32)cc1. The smallest absolute Gasteiger partial charge is 0.247 e. The molecule has 0 bridgehead atoms. The molecule has 44 heavy (non-hydrogen) atoms. The largest absolute Gasteiger partial charge is 0.454 e. The van der Waals surface area contributed by atoms with E-state index in [0.29, 0.717) is 0 Å². The van der Waals surface area contributed by atoms with Gasteiger partial charge in [-0.25, -0.2) is 0 Å². The van der Waals surface area contributed by atoms with Crippen LogP contribution in [0.25, 0.3) is 21.9 Å². The van der Waals surface area contributed by atoms with Gasteiger partial charge in [0.2, 0.25) is 6.71 Å². The van der Waals surface area contributed by atoms with Crippen LogP contribution in [0.5, 0.6) is 0 Å². The molecule has 1 aromatic heterocycles. The summed E-state index contributed by atoms with van der Waals surface area (Å²) in [5.41, 5.74) is 15.1. The van der Waals surface area contributed by atoms with Gasteiger partial charge in [-0.3, -0.25) is 0 Å². The molecule has 0 saturated heterocycles. The molecule has 0 saturated carbocycles. The van der Waals surface area contributed by atoms with Gasteiger partial charge < -0.3 is 9.32 Å². The van der Waals surface area contributed by atoms with E-state index in [-0.39, 0.29) is 23.0 Å². The molecule has 2 aliphatic rings. The molecule has 2 aliphatic heterocycles. The molecule has 3 heterocycles. The second-order valence-electron chi connectivity index (χ2n) is 15.5. The number of anilines is 3. The Morgan fingerprint density at radius 2 is 1.34 bits per heavy atom. The minimum absolute atomic E-state index is 0.0555. The first-order valence-electron chi connectivity index (χ1n) is 16.0. The van der Waals surface area contributed by atoms with Gasteiger partial charge >= 0.3 is 0 Å². The number of fused-ring (bicyclic) bond motifs is 8. The van der Waals surface area contributed by atoms with Crippen LogP contribution in [-0.4, -0.2) is 6.71 Å². The standard InChI is InChI=1S/C41H40BNO/c1-39(2,3)25-16-19-27(20-17-25)43-34-14-11-13-31-36(34)42(33-24-26(40(4,5)6)18-22-30(33)41(31,7)8)32-23-21-29-28-12-9-10-15-35(28)44-38(29)37(32)43/h9-24H,1-8H3. The van der Waals surface area contributed by atoms with Crippen molar-refractivity contribution >= 4 is 62.1 Å². The van der Waals surface area contributed by atoms with Gasteiger partial charge in [0.1, 0.15) is 5.58 Å². The zero-order valence-electron chi connectivity index (χ0n) is 27.2. The Balaban J connectivity index is 1.50. The first-order valence-corrected chi connectivity index (χ1v) is 16.0. The van der Waals surface area contributed by atoms with Gasteiger partial charge in [-0.2, -0.15) is 0 Å². The molecule has 3 heteroatoms. The van der Waals surface area contributed by atoms with E-state index in [9.17, 15) is 0 Å². The molecule has 2 nitrogen and oxygen atoms in total. The molecule has 6 aromatic rings. The topological polar surface area (TPSA) is 16.4 Å². The summed E-state index contributed by atoms with van der Waals surface area (Å²) in [6, 6.07) is 36.5. The summed E-state index contributed by atoms with van der Waals surface area (Å²) in [5.74, 6) is 0. The Morgan fingerprint density at radius 3 is 2.07 bits per heavy atom. The molecule has 0 N–H and O–H groups in total. The van der Waals surface area contributed by atoms with Crippen LogP contribution in [0.1, 0.15) is 77.6 Å². The fourth-order valence-electron chi connectivity index (χ4n) is 7.81. The molecular weight excluding hydrogens is 533 g/mol. The average molecular weight is 574 g/mol. The van der Waals surface area contributed by atoms with Gasteiger partial charge in [-0.1, -0.05) is 134 Å². The highest BCUT2D eigenvalue weighted by molar-refractivity contribution is 6.99. The van der Waals surface area contributed by atoms with Crippen LogP contribution < -0.4 is 21.3 Å². The lowest BCUT2D eigenvalue weighted by atomic mass is 9.30. The van der Waals surface area contributed by atoms with Gasteiger partial charge in [0.15, 0.2) is 5.58 Å². The fourth-order valence-corrected chi connectivity index (χ4v) is 7.81. The van der Waals surface area contributed by atoms with E-state index in [0.717, 1.165) is 33.3 Å². The highest BCUT2D eigenvalue weighted by atomic mass is 16.3. The summed E-state index contributed by atoms with van der Waals surface area (Å²) in [5, 5.41) is 2.32. The van der Waals surface area contributed by atoms with Crippen LogP contribution in [-0.2, 0) is 16.2 Å². The zero-order chi connectivity index (χ0) is 30.8. The Hall–Kier alpha value is -4.24. The highest BCUT2D eigenvalue weighted by Gasteiger charge is 2.47. The van der Waals surface area contributed by atoms with Crippen molar-refractivity contribution in [3.8, 4) is 0 Å². The highest BCUT2D eigenvalue weighted by Crippen LogP contribution is 2.46. The number of nitrogens with zero attached hydrogens (tertiary/aromatic N) is 1. The Labute approximate surface area is 261 Å². The second-order valence-corrected chi connectivity index (χ2v) is 15.5. The van der Waals surface area contributed by atoms with Crippen molar-refractivity contribution in [2.24, 2.45) is 0 Å². The molecular formula is C41H40BNO. The molecule has 8 rings (SSSR count). The molecule has 0 atom stereocenters. The molecule has 218 valence electrons. The average Bonchev–Trinajstić information content (AvgIpc) is 3.37. The number of hydrogen-bond donors (Lipinski definition) is 0. The molecule has 5 aromatic carbocycles. The van der Waals surface area contributed by atoms with Gasteiger partial charge in [0.25, 0.3) is 0 Å².